The molecule has 1 amide bonds. The van der Waals surface area contributed by atoms with Crippen LogP contribution in [0.4, 0.5) is 0 Å². The van der Waals surface area contributed by atoms with Gasteiger partial charge in [0.05, 0.1) is 12.1 Å². The van der Waals surface area contributed by atoms with Crippen molar-refractivity contribution in [1.82, 2.24) is 10.2 Å². The van der Waals surface area contributed by atoms with E-state index in [1.165, 1.54) is 18.4 Å². The molecule has 1 saturated heterocycles. The van der Waals surface area contributed by atoms with Crippen LogP contribution in [0.5, 0.6) is 0 Å². The molecule has 3 nitrogen and oxygen atoms in total. The number of piperidine rings is 1. The standard InChI is InChI=1S/C14H20N2OS/c1-10(11-6-8-18-9-11)16-7-2-3-13(14(16)17)15-12-4-5-12/h6,8-10,12-13,15H,2-5,7H2,1H3. The molecule has 1 aliphatic heterocycles. The first kappa shape index (κ1) is 12.2. The topological polar surface area (TPSA) is 32.3 Å². The molecule has 1 aromatic rings. The summed E-state index contributed by atoms with van der Waals surface area (Å²) in [6.07, 6.45) is 4.60. The third kappa shape index (κ3) is 2.45. The third-order valence-corrected chi connectivity index (χ3v) is 4.68. The summed E-state index contributed by atoms with van der Waals surface area (Å²) < 4.78 is 0. The van der Waals surface area contributed by atoms with Gasteiger partial charge in [-0.2, -0.15) is 11.3 Å². The van der Waals surface area contributed by atoms with Crippen molar-refractivity contribution in [2.24, 2.45) is 0 Å². The average molecular weight is 264 g/mol. The van der Waals surface area contributed by atoms with Crippen LogP contribution in [0.1, 0.15) is 44.2 Å². The van der Waals surface area contributed by atoms with E-state index >= 15 is 0 Å². The van der Waals surface area contributed by atoms with E-state index in [2.05, 4.69) is 29.1 Å². The van der Waals surface area contributed by atoms with E-state index in [4.69, 9.17) is 0 Å². The van der Waals surface area contributed by atoms with Crippen LogP contribution in [0, 0.1) is 0 Å². The molecule has 0 aromatic carbocycles. The van der Waals surface area contributed by atoms with Gasteiger partial charge >= 0.3 is 0 Å². The molecular formula is C14H20N2OS. The van der Waals surface area contributed by atoms with Crippen molar-refractivity contribution in [3.8, 4) is 0 Å². The molecule has 2 fully saturated rings. The average Bonchev–Trinajstić information content (AvgIpc) is 3.02. The van der Waals surface area contributed by atoms with Crippen molar-refractivity contribution in [2.45, 2.75) is 50.7 Å². The summed E-state index contributed by atoms with van der Waals surface area (Å²) in [5.74, 6) is 0.298. The first-order valence-corrected chi connectivity index (χ1v) is 7.78. The minimum atomic E-state index is 0.0623. The number of amides is 1. The number of nitrogens with one attached hydrogen (secondary N) is 1. The third-order valence-electron chi connectivity index (χ3n) is 3.98. The van der Waals surface area contributed by atoms with Gasteiger partial charge in [-0.15, -0.1) is 0 Å². The highest BCUT2D eigenvalue weighted by Gasteiger charge is 2.35. The van der Waals surface area contributed by atoms with Crippen LogP contribution in [0.2, 0.25) is 0 Å². The highest BCUT2D eigenvalue weighted by molar-refractivity contribution is 7.07. The quantitative estimate of drug-likeness (QED) is 0.906. The van der Waals surface area contributed by atoms with Crippen LogP contribution in [-0.2, 0) is 4.79 Å². The van der Waals surface area contributed by atoms with Gasteiger partial charge in [-0.05, 0) is 55.0 Å². The molecule has 2 heterocycles. The number of carbonyl (C=O) groups excluding carboxylic acids is 1. The first-order valence-electron chi connectivity index (χ1n) is 6.84. The molecule has 0 bridgehead atoms. The lowest BCUT2D eigenvalue weighted by atomic mass is 10.0. The Balaban J connectivity index is 1.69. The number of hydrogen-bond donors (Lipinski definition) is 1. The fourth-order valence-corrected chi connectivity index (χ4v) is 3.41. The molecule has 18 heavy (non-hydrogen) atoms. The highest BCUT2D eigenvalue weighted by Crippen LogP contribution is 2.28. The van der Waals surface area contributed by atoms with Crippen LogP contribution in [-0.4, -0.2) is 29.4 Å². The maximum absolute atomic E-state index is 12.5. The lowest BCUT2D eigenvalue weighted by Crippen LogP contribution is -2.51. The number of hydrogen-bond acceptors (Lipinski definition) is 3. The Labute approximate surface area is 112 Å². The second-order valence-electron chi connectivity index (χ2n) is 5.40. The molecule has 0 radical (unpaired) electrons. The van der Waals surface area contributed by atoms with Gasteiger partial charge < -0.3 is 10.2 Å². The maximum Gasteiger partial charge on any atom is 0.240 e. The van der Waals surface area contributed by atoms with Gasteiger partial charge in [0, 0.05) is 12.6 Å². The fraction of sp³-hybridized carbons (Fsp3) is 0.643. The Morgan fingerprint density at radius 1 is 1.44 bits per heavy atom. The Kier molecular flexibility index (Phi) is 3.39. The van der Waals surface area contributed by atoms with Crippen LogP contribution in [0.15, 0.2) is 16.8 Å². The minimum Gasteiger partial charge on any atom is -0.335 e. The Bertz CT molecular complexity index is 413. The second kappa shape index (κ2) is 5.02. The van der Waals surface area contributed by atoms with Gasteiger partial charge in [-0.25, -0.2) is 0 Å². The highest BCUT2D eigenvalue weighted by atomic mass is 32.1. The van der Waals surface area contributed by atoms with Crippen LogP contribution < -0.4 is 5.32 Å². The SMILES string of the molecule is CC(c1ccsc1)N1CCCC(NC2CC2)C1=O. The van der Waals surface area contributed by atoms with Crippen LogP contribution in [0.25, 0.3) is 0 Å². The van der Waals surface area contributed by atoms with E-state index in [9.17, 15) is 4.79 Å². The molecular weight excluding hydrogens is 244 g/mol. The fourth-order valence-electron chi connectivity index (χ4n) is 2.67. The summed E-state index contributed by atoms with van der Waals surface area (Å²) in [5.41, 5.74) is 1.26. The number of carbonyl (C=O) groups is 1. The number of rotatable bonds is 4. The van der Waals surface area contributed by atoms with E-state index in [0.717, 1.165) is 19.4 Å². The van der Waals surface area contributed by atoms with E-state index in [-0.39, 0.29) is 12.1 Å². The van der Waals surface area contributed by atoms with E-state index in [1.807, 2.05) is 4.90 Å². The van der Waals surface area contributed by atoms with Crippen molar-refractivity contribution in [3.05, 3.63) is 22.4 Å². The van der Waals surface area contributed by atoms with E-state index in [1.54, 1.807) is 11.3 Å². The van der Waals surface area contributed by atoms with Crippen LogP contribution >= 0.6 is 11.3 Å². The lowest BCUT2D eigenvalue weighted by molar-refractivity contribution is -0.138. The van der Waals surface area contributed by atoms with E-state index in [0.29, 0.717) is 11.9 Å². The van der Waals surface area contributed by atoms with Crippen molar-refractivity contribution in [2.75, 3.05) is 6.54 Å². The molecule has 1 aliphatic carbocycles. The lowest BCUT2D eigenvalue weighted by Gasteiger charge is -2.36. The maximum atomic E-state index is 12.5. The summed E-state index contributed by atoms with van der Waals surface area (Å²) in [6, 6.07) is 3.01. The molecule has 1 N–H and O–H groups in total. The Hall–Kier alpha value is -0.870. The van der Waals surface area contributed by atoms with Gasteiger partial charge in [-0.3, -0.25) is 4.79 Å². The number of nitrogens with zero attached hydrogens (tertiary/aromatic N) is 1. The minimum absolute atomic E-state index is 0.0623. The Morgan fingerprint density at radius 3 is 2.94 bits per heavy atom. The van der Waals surface area contributed by atoms with Gasteiger partial charge in [-0.1, -0.05) is 0 Å². The number of likely N-dealkylation sites (tertiary alicyclic amines) is 1. The summed E-state index contributed by atoms with van der Waals surface area (Å²) in [5, 5.41) is 7.72. The van der Waals surface area contributed by atoms with Gasteiger partial charge in [0.25, 0.3) is 0 Å². The molecule has 2 aliphatic rings. The summed E-state index contributed by atoms with van der Waals surface area (Å²) in [4.78, 5) is 14.5. The van der Waals surface area contributed by atoms with E-state index < -0.39 is 0 Å². The summed E-state index contributed by atoms with van der Waals surface area (Å²) in [7, 11) is 0. The van der Waals surface area contributed by atoms with Crippen molar-refractivity contribution in [3.63, 3.8) is 0 Å². The van der Waals surface area contributed by atoms with Gasteiger partial charge in [0.1, 0.15) is 0 Å². The zero-order valence-corrected chi connectivity index (χ0v) is 11.6. The van der Waals surface area contributed by atoms with Gasteiger partial charge in [0.2, 0.25) is 5.91 Å². The molecule has 0 spiro atoms. The first-order chi connectivity index (χ1) is 8.75. The molecule has 2 unspecified atom stereocenters. The molecule has 4 heteroatoms. The smallest absolute Gasteiger partial charge is 0.240 e. The summed E-state index contributed by atoms with van der Waals surface area (Å²) in [6.45, 7) is 3.04. The van der Waals surface area contributed by atoms with Gasteiger partial charge in [0.15, 0.2) is 0 Å². The summed E-state index contributed by atoms with van der Waals surface area (Å²) >= 11 is 1.70. The van der Waals surface area contributed by atoms with Crippen molar-refractivity contribution >= 4 is 17.2 Å². The monoisotopic (exact) mass is 264 g/mol. The zero-order valence-electron chi connectivity index (χ0n) is 10.8. The normalized spacial score (nSPS) is 26.4. The van der Waals surface area contributed by atoms with Crippen LogP contribution in [0.3, 0.4) is 0 Å². The second-order valence-corrected chi connectivity index (χ2v) is 6.18. The molecule has 3 rings (SSSR count). The molecule has 1 saturated carbocycles. The molecule has 1 aromatic heterocycles. The largest absolute Gasteiger partial charge is 0.335 e. The molecule has 2 atom stereocenters. The zero-order chi connectivity index (χ0) is 12.5. The number of thiophene rings is 1. The molecule has 98 valence electrons. The predicted molar refractivity (Wildman–Crippen MR) is 73.6 cm³/mol. The Morgan fingerprint density at radius 2 is 2.28 bits per heavy atom. The predicted octanol–water partition coefficient (Wildman–Crippen LogP) is 2.55. The van der Waals surface area contributed by atoms with Crippen molar-refractivity contribution in [1.29, 1.82) is 0 Å². The van der Waals surface area contributed by atoms with Crippen molar-refractivity contribution < 1.29 is 4.79 Å².